The fourth-order valence-corrected chi connectivity index (χ4v) is 2.67. The molecule has 2 heterocycles. The number of aliphatic hydroxyl groups is 1. The molecule has 1 spiro atoms. The van der Waals surface area contributed by atoms with Crippen LogP contribution in [0.15, 0.2) is 0 Å². The van der Waals surface area contributed by atoms with Crippen molar-refractivity contribution in [1.82, 2.24) is 4.90 Å². The van der Waals surface area contributed by atoms with Crippen molar-refractivity contribution in [2.45, 2.75) is 50.9 Å². The third-order valence-corrected chi connectivity index (χ3v) is 3.58. The Labute approximate surface area is 120 Å². The SMILES string of the molecule is CC(C)(C)OC(=O)N1C[C@@H](CO)OC2(CCOCC2)C1. The lowest BCUT2D eigenvalue weighted by molar-refractivity contribution is -0.193. The minimum absolute atomic E-state index is 0.0953. The van der Waals surface area contributed by atoms with Crippen LogP contribution in [-0.4, -0.2) is 66.3 Å². The molecule has 116 valence electrons. The first-order valence-corrected chi connectivity index (χ1v) is 7.18. The average Bonchev–Trinajstić information content (AvgIpc) is 2.37. The molecule has 0 aromatic carbocycles. The highest BCUT2D eigenvalue weighted by Crippen LogP contribution is 2.32. The first kappa shape index (κ1) is 15.5. The van der Waals surface area contributed by atoms with Crippen molar-refractivity contribution in [3.05, 3.63) is 0 Å². The molecule has 2 saturated heterocycles. The van der Waals surface area contributed by atoms with Gasteiger partial charge < -0.3 is 24.2 Å². The number of hydrogen-bond donors (Lipinski definition) is 1. The maximum atomic E-state index is 12.2. The first-order valence-electron chi connectivity index (χ1n) is 7.18. The molecule has 0 radical (unpaired) electrons. The van der Waals surface area contributed by atoms with E-state index in [1.807, 2.05) is 20.8 Å². The second-order valence-corrected chi connectivity index (χ2v) is 6.58. The molecule has 2 aliphatic rings. The summed E-state index contributed by atoms with van der Waals surface area (Å²) in [5.74, 6) is 0. The van der Waals surface area contributed by atoms with Gasteiger partial charge in [0, 0.05) is 26.1 Å². The van der Waals surface area contributed by atoms with Crippen LogP contribution in [0.4, 0.5) is 4.79 Å². The second-order valence-electron chi connectivity index (χ2n) is 6.58. The van der Waals surface area contributed by atoms with E-state index in [2.05, 4.69) is 0 Å². The highest BCUT2D eigenvalue weighted by molar-refractivity contribution is 5.68. The summed E-state index contributed by atoms with van der Waals surface area (Å²) in [5, 5.41) is 9.40. The molecule has 0 bridgehead atoms. The Morgan fingerprint density at radius 3 is 2.60 bits per heavy atom. The number of rotatable bonds is 1. The van der Waals surface area contributed by atoms with Crippen LogP contribution in [0.3, 0.4) is 0 Å². The number of ether oxygens (including phenoxy) is 3. The number of amides is 1. The molecule has 1 N–H and O–H groups in total. The van der Waals surface area contributed by atoms with E-state index in [1.54, 1.807) is 4.90 Å². The van der Waals surface area contributed by atoms with Gasteiger partial charge in [-0.05, 0) is 20.8 Å². The largest absolute Gasteiger partial charge is 0.444 e. The van der Waals surface area contributed by atoms with E-state index < -0.39 is 11.2 Å². The van der Waals surface area contributed by atoms with Crippen LogP contribution in [0.5, 0.6) is 0 Å². The van der Waals surface area contributed by atoms with Gasteiger partial charge in [-0.1, -0.05) is 0 Å². The molecule has 0 aromatic rings. The number of hydrogen-bond acceptors (Lipinski definition) is 5. The Morgan fingerprint density at radius 2 is 2.05 bits per heavy atom. The molecular weight excluding hydrogens is 262 g/mol. The van der Waals surface area contributed by atoms with Crippen LogP contribution >= 0.6 is 0 Å². The second kappa shape index (κ2) is 5.87. The molecule has 2 rings (SSSR count). The summed E-state index contributed by atoms with van der Waals surface area (Å²) in [5.41, 5.74) is -0.923. The van der Waals surface area contributed by atoms with Gasteiger partial charge in [-0.25, -0.2) is 4.79 Å². The van der Waals surface area contributed by atoms with Crippen molar-refractivity contribution in [2.75, 3.05) is 32.9 Å². The summed E-state index contributed by atoms with van der Waals surface area (Å²) in [6, 6.07) is 0. The third-order valence-electron chi connectivity index (χ3n) is 3.58. The van der Waals surface area contributed by atoms with Crippen LogP contribution in [0, 0.1) is 0 Å². The molecule has 2 fully saturated rings. The zero-order chi connectivity index (χ0) is 14.8. The van der Waals surface area contributed by atoms with Crippen LogP contribution in [0.2, 0.25) is 0 Å². The number of aliphatic hydroxyl groups excluding tert-OH is 1. The predicted molar refractivity (Wildman–Crippen MR) is 72.5 cm³/mol. The minimum atomic E-state index is -0.521. The van der Waals surface area contributed by atoms with Gasteiger partial charge in [-0.2, -0.15) is 0 Å². The van der Waals surface area contributed by atoms with Crippen LogP contribution in [0.25, 0.3) is 0 Å². The summed E-state index contributed by atoms with van der Waals surface area (Å²) >= 11 is 0. The summed E-state index contributed by atoms with van der Waals surface area (Å²) in [4.78, 5) is 13.9. The Hall–Kier alpha value is -0.850. The van der Waals surface area contributed by atoms with Gasteiger partial charge >= 0.3 is 6.09 Å². The standard InChI is InChI=1S/C14H25NO5/c1-13(2,3)20-12(17)15-8-11(9-16)19-14(10-15)4-6-18-7-5-14/h11,16H,4-10H2,1-3H3/t11-/m0/s1. The van der Waals surface area contributed by atoms with E-state index >= 15 is 0 Å². The highest BCUT2D eigenvalue weighted by Gasteiger charge is 2.44. The normalized spacial score (nSPS) is 26.6. The zero-order valence-corrected chi connectivity index (χ0v) is 12.6. The van der Waals surface area contributed by atoms with Gasteiger partial charge in [0.2, 0.25) is 0 Å². The van der Waals surface area contributed by atoms with Gasteiger partial charge in [0.05, 0.1) is 31.4 Å². The lowest BCUT2D eigenvalue weighted by Crippen LogP contribution is -2.60. The molecule has 0 aliphatic carbocycles. The van der Waals surface area contributed by atoms with Crippen molar-refractivity contribution in [3.63, 3.8) is 0 Å². The quantitative estimate of drug-likeness (QED) is 0.784. The van der Waals surface area contributed by atoms with E-state index in [0.29, 0.717) is 26.3 Å². The summed E-state index contributed by atoms with van der Waals surface area (Å²) < 4.78 is 16.8. The van der Waals surface area contributed by atoms with Crippen molar-refractivity contribution in [2.24, 2.45) is 0 Å². The van der Waals surface area contributed by atoms with Crippen LogP contribution in [0.1, 0.15) is 33.6 Å². The summed E-state index contributed by atoms with van der Waals surface area (Å²) in [7, 11) is 0. The van der Waals surface area contributed by atoms with E-state index in [4.69, 9.17) is 14.2 Å². The molecule has 6 heteroatoms. The van der Waals surface area contributed by atoms with Crippen molar-refractivity contribution in [1.29, 1.82) is 0 Å². The Kier molecular flexibility index (Phi) is 4.56. The maximum absolute atomic E-state index is 12.2. The molecule has 20 heavy (non-hydrogen) atoms. The Bertz CT molecular complexity index is 346. The first-order chi connectivity index (χ1) is 9.34. The smallest absolute Gasteiger partial charge is 0.410 e. The van der Waals surface area contributed by atoms with Crippen molar-refractivity contribution < 1.29 is 24.1 Å². The summed E-state index contributed by atoms with van der Waals surface area (Å²) in [6.45, 7) is 7.57. The van der Waals surface area contributed by atoms with E-state index in [0.717, 1.165) is 12.8 Å². The number of nitrogens with zero attached hydrogens (tertiary/aromatic N) is 1. The van der Waals surface area contributed by atoms with E-state index in [-0.39, 0.29) is 18.8 Å². The van der Waals surface area contributed by atoms with Gasteiger partial charge in [0.25, 0.3) is 0 Å². The Balaban J connectivity index is 2.06. The minimum Gasteiger partial charge on any atom is -0.444 e. The fourth-order valence-electron chi connectivity index (χ4n) is 2.67. The molecule has 0 aromatic heterocycles. The number of carbonyl (C=O) groups excluding carboxylic acids is 1. The van der Waals surface area contributed by atoms with Crippen LogP contribution < -0.4 is 0 Å². The van der Waals surface area contributed by atoms with Gasteiger partial charge in [0.1, 0.15) is 5.60 Å². The summed E-state index contributed by atoms with van der Waals surface area (Å²) in [6.07, 6.45) is 0.783. The predicted octanol–water partition coefficient (Wildman–Crippen LogP) is 1.16. The Morgan fingerprint density at radius 1 is 1.40 bits per heavy atom. The zero-order valence-electron chi connectivity index (χ0n) is 12.6. The van der Waals surface area contributed by atoms with E-state index in [9.17, 15) is 9.90 Å². The van der Waals surface area contributed by atoms with Crippen LogP contribution in [-0.2, 0) is 14.2 Å². The monoisotopic (exact) mass is 287 g/mol. The maximum Gasteiger partial charge on any atom is 0.410 e. The molecule has 1 amide bonds. The molecule has 0 saturated carbocycles. The molecule has 0 unspecified atom stereocenters. The highest BCUT2D eigenvalue weighted by atomic mass is 16.6. The lowest BCUT2D eigenvalue weighted by atomic mass is 9.91. The fraction of sp³-hybridized carbons (Fsp3) is 0.929. The molecule has 2 aliphatic heterocycles. The molecule has 6 nitrogen and oxygen atoms in total. The average molecular weight is 287 g/mol. The third kappa shape index (κ3) is 3.84. The van der Waals surface area contributed by atoms with E-state index in [1.165, 1.54) is 0 Å². The van der Waals surface area contributed by atoms with Gasteiger partial charge in [-0.15, -0.1) is 0 Å². The van der Waals surface area contributed by atoms with Gasteiger partial charge in [0.15, 0.2) is 0 Å². The van der Waals surface area contributed by atoms with Gasteiger partial charge in [-0.3, -0.25) is 0 Å². The molecular formula is C14H25NO5. The number of morpholine rings is 1. The number of carbonyl (C=O) groups is 1. The topological polar surface area (TPSA) is 68.2 Å². The van der Waals surface area contributed by atoms with Crippen molar-refractivity contribution in [3.8, 4) is 0 Å². The lowest BCUT2D eigenvalue weighted by Gasteiger charge is -2.47. The molecule has 1 atom stereocenters. The van der Waals surface area contributed by atoms with Crippen molar-refractivity contribution >= 4 is 6.09 Å².